The van der Waals surface area contributed by atoms with Gasteiger partial charge in [-0.15, -0.1) is 10.2 Å². The number of ether oxygens (including phenoxy) is 1. The SMILES string of the molecule is Clc1cc(N2CCN(CCOc3ccccc3)CC2)c(Cl)nn1. The van der Waals surface area contributed by atoms with Gasteiger partial charge in [-0.05, 0) is 12.1 Å². The fourth-order valence-electron chi connectivity index (χ4n) is 2.59. The Hall–Kier alpha value is -1.56. The molecule has 0 aliphatic carbocycles. The van der Waals surface area contributed by atoms with E-state index < -0.39 is 0 Å². The van der Waals surface area contributed by atoms with Crippen LogP contribution in [0.3, 0.4) is 0 Å². The van der Waals surface area contributed by atoms with Crippen molar-refractivity contribution in [3.63, 3.8) is 0 Å². The van der Waals surface area contributed by atoms with Crippen molar-refractivity contribution in [2.45, 2.75) is 0 Å². The molecule has 1 fully saturated rings. The van der Waals surface area contributed by atoms with E-state index in [1.807, 2.05) is 30.3 Å². The van der Waals surface area contributed by atoms with Gasteiger partial charge in [0.2, 0.25) is 0 Å². The van der Waals surface area contributed by atoms with Gasteiger partial charge in [0.1, 0.15) is 12.4 Å². The van der Waals surface area contributed by atoms with Gasteiger partial charge in [-0.1, -0.05) is 41.4 Å². The summed E-state index contributed by atoms with van der Waals surface area (Å²) in [6.45, 7) is 5.27. The Kier molecular flexibility index (Phi) is 5.54. The molecule has 0 N–H and O–H groups in total. The normalized spacial score (nSPS) is 15.7. The van der Waals surface area contributed by atoms with Crippen LogP contribution in [-0.4, -0.2) is 54.4 Å². The number of nitrogens with zero attached hydrogens (tertiary/aromatic N) is 4. The van der Waals surface area contributed by atoms with Crippen LogP contribution >= 0.6 is 23.2 Å². The fraction of sp³-hybridized carbons (Fsp3) is 0.375. The van der Waals surface area contributed by atoms with Gasteiger partial charge >= 0.3 is 0 Å². The summed E-state index contributed by atoms with van der Waals surface area (Å²) in [5.41, 5.74) is 0.854. The average molecular weight is 353 g/mol. The van der Waals surface area contributed by atoms with Crippen LogP contribution in [0, 0.1) is 0 Å². The van der Waals surface area contributed by atoms with Crippen molar-refractivity contribution in [1.82, 2.24) is 15.1 Å². The smallest absolute Gasteiger partial charge is 0.175 e. The molecule has 0 atom stereocenters. The number of benzene rings is 1. The summed E-state index contributed by atoms with van der Waals surface area (Å²) in [6, 6.07) is 11.7. The first-order valence-electron chi connectivity index (χ1n) is 7.56. The van der Waals surface area contributed by atoms with Crippen molar-refractivity contribution < 1.29 is 4.74 Å². The zero-order chi connectivity index (χ0) is 16.1. The molecule has 0 saturated carbocycles. The Balaban J connectivity index is 1.46. The average Bonchev–Trinajstić information content (AvgIpc) is 2.59. The minimum atomic E-state index is 0.364. The van der Waals surface area contributed by atoms with Crippen molar-refractivity contribution in [2.75, 3.05) is 44.2 Å². The molecule has 1 aliphatic rings. The van der Waals surface area contributed by atoms with Crippen LogP contribution < -0.4 is 9.64 Å². The van der Waals surface area contributed by atoms with Crippen LogP contribution in [-0.2, 0) is 0 Å². The molecular weight excluding hydrogens is 335 g/mol. The Morgan fingerprint density at radius 1 is 1.00 bits per heavy atom. The Bertz CT molecular complexity index is 633. The second-order valence-electron chi connectivity index (χ2n) is 5.33. The van der Waals surface area contributed by atoms with Crippen molar-refractivity contribution in [3.05, 3.63) is 46.7 Å². The molecule has 3 rings (SSSR count). The lowest BCUT2D eigenvalue weighted by molar-refractivity contribution is 0.200. The van der Waals surface area contributed by atoms with Gasteiger partial charge < -0.3 is 9.64 Å². The molecule has 0 amide bonds. The lowest BCUT2D eigenvalue weighted by atomic mass is 10.3. The predicted octanol–water partition coefficient (Wildman–Crippen LogP) is 2.98. The number of halogens is 2. The van der Waals surface area contributed by atoms with Crippen LogP contribution in [0.2, 0.25) is 10.3 Å². The highest BCUT2D eigenvalue weighted by atomic mass is 35.5. The topological polar surface area (TPSA) is 41.5 Å². The first-order chi connectivity index (χ1) is 11.2. The maximum Gasteiger partial charge on any atom is 0.175 e. The lowest BCUT2D eigenvalue weighted by Crippen LogP contribution is -2.47. The third-order valence-electron chi connectivity index (χ3n) is 3.83. The highest BCUT2D eigenvalue weighted by molar-refractivity contribution is 6.33. The van der Waals surface area contributed by atoms with Crippen LogP contribution in [0.25, 0.3) is 0 Å². The number of para-hydroxylation sites is 1. The van der Waals surface area contributed by atoms with E-state index in [-0.39, 0.29) is 0 Å². The zero-order valence-electron chi connectivity index (χ0n) is 12.7. The summed E-state index contributed by atoms with van der Waals surface area (Å²) in [7, 11) is 0. The molecule has 2 heterocycles. The number of rotatable bonds is 5. The fourth-order valence-corrected chi connectivity index (χ4v) is 2.94. The molecule has 1 aliphatic heterocycles. The van der Waals surface area contributed by atoms with Gasteiger partial charge in [0.15, 0.2) is 10.3 Å². The van der Waals surface area contributed by atoms with Gasteiger partial charge in [-0.25, -0.2) is 0 Å². The number of hydrogen-bond donors (Lipinski definition) is 0. The summed E-state index contributed by atoms with van der Waals surface area (Å²) >= 11 is 12.0. The van der Waals surface area contributed by atoms with E-state index in [9.17, 15) is 0 Å². The van der Waals surface area contributed by atoms with E-state index in [4.69, 9.17) is 27.9 Å². The molecular formula is C16H18Cl2N4O. The number of anilines is 1. The molecule has 122 valence electrons. The number of aromatic nitrogens is 2. The van der Waals surface area contributed by atoms with E-state index in [0.29, 0.717) is 16.9 Å². The first-order valence-corrected chi connectivity index (χ1v) is 8.32. The van der Waals surface area contributed by atoms with Crippen LogP contribution in [0.15, 0.2) is 36.4 Å². The van der Waals surface area contributed by atoms with Gasteiger partial charge in [0.05, 0.1) is 5.69 Å². The standard InChI is InChI=1S/C16H18Cl2N4O/c17-15-12-14(16(18)20-19-15)22-8-6-21(7-9-22)10-11-23-13-4-2-1-3-5-13/h1-5,12H,6-11H2. The Morgan fingerprint density at radius 2 is 1.74 bits per heavy atom. The van der Waals surface area contributed by atoms with Gasteiger partial charge in [-0.2, -0.15) is 0 Å². The maximum atomic E-state index is 6.11. The third-order valence-corrected chi connectivity index (χ3v) is 4.29. The first kappa shape index (κ1) is 16.3. The van der Waals surface area contributed by atoms with Crippen LogP contribution in [0.5, 0.6) is 5.75 Å². The summed E-state index contributed by atoms with van der Waals surface area (Å²) in [4.78, 5) is 4.57. The van der Waals surface area contributed by atoms with Gasteiger partial charge in [0, 0.05) is 38.8 Å². The highest BCUT2D eigenvalue weighted by Crippen LogP contribution is 2.26. The predicted molar refractivity (Wildman–Crippen MR) is 92.6 cm³/mol. The largest absolute Gasteiger partial charge is 0.492 e. The van der Waals surface area contributed by atoms with Gasteiger partial charge in [-0.3, -0.25) is 4.90 Å². The molecule has 0 bridgehead atoms. The monoisotopic (exact) mass is 352 g/mol. The molecule has 0 unspecified atom stereocenters. The van der Waals surface area contributed by atoms with E-state index >= 15 is 0 Å². The molecule has 1 aromatic heterocycles. The van der Waals surface area contributed by atoms with Crippen molar-refractivity contribution in [3.8, 4) is 5.75 Å². The minimum absolute atomic E-state index is 0.364. The molecule has 1 aromatic carbocycles. The molecule has 1 saturated heterocycles. The quantitative estimate of drug-likeness (QED) is 0.827. The number of hydrogen-bond acceptors (Lipinski definition) is 5. The number of piperazine rings is 1. The second kappa shape index (κ2) is 7.81. The maximum absolute atomic E-state index is 6.11. The molecule has 7 heteroatoms. The van der Waals surface area contributed by atoms with E-state index in [2.05, 4.69) is 20.0 Å². The second-order valence-corrected chi connectivity index (χ2v) is 6.08. The van der Waals surface area contributed by atoms with Crippen molar-refractivity contribution >= 4 is 28.9 Å². The Morgan fingerprint density at radius 3 is 2.48 bits per heavy atom. The van der Waals surface area contributed by atoms with Crippen molar-refractivity contribution in [1.29, 1.82) is 0 Å². The highest BCUT2D eigenvalue weighted by Gasteiger charge is 2.20. The van der Waals surface area contributed by atoms with E-state index in [1.54, 1.807) is 6.07 Å². The lowest BCUT2D eigenvalue weighted by Gasteiger charge is -2.36. The summed E-state index contributed by atoms with van der Waals surface area (Å²) in [5, 5.41) is 8.37. The van der Waals surface area contributed by atoms with Gasteiger partial charge in [0.25, 0.3) is 0 Å². The molecule has 5 nitrogen and oxygen atoms in total. The minimum Gasteiger partial charge on any atom is -0.492 e. The third kappa shape index (κ3) is 4.47. The summed E-state index contributed by atoms with van der Waals surface area (Å²) in [5.74, 6) is 0.912. The van der Waals surface area contributed by atoms with Crippen LogP contribution in [0.4, 0.5) is 5.69 Å². The summed E-state index contributed by atoms with van der Waals surface area (Å²) in [6.07, 6.45) is 0. The summed E-state index contributed by atoms with van der Waals surface area (Å²) < 4.78 is 5.74. The molecule has 23 heavy (non-hydrogen) atoms. The van der Waals surface area contributed by atoms with E-state index in [0.717, 1.165) is 44.2 Å². The Labute approximate surface area is 145 Å². The molecule has 0 radical (unpaired) electrons. The van der Waals surface area contributed by atoms with Crippen molar-refractivity contribution in [2.24, 2.45) is 0 Å². The zero-order valence-corrected chi connectivity index (χ0v) is 14.2. The molecule has 0 spiro atoms. The van der Waals surface area contributed by atoms with Crippen LogP contribution in [0.1, 0.15) is 0 Å². The molecule has 2 aromatic rings. The van der Waals surface area contributed by atoms with E-state index in [1.165, 1.54) is 0 Å².